The fourth-order valence-electron chi connectivity index (χ4n) is 2.33. The Labute approximate surface area is 132 Å². The fourth-order valence-corrected chi connectivity index (χ4v) is 2.57. The van der Waals surface area contributed by atoms with E-state index in [9.17, 15) is 0 Å². The lowest BCUT2D eigenvalue weighted by molar-refractivity contribution is 0.589. The van der Waals surface area contributed by atoms with Gasteiger partial charge in [0, 0.05) is 36.4 Å². The largest absolute Gasteiger partial charge is 0.310 e. The van der Waals surface area contributed by atoms with E-state index in [4.69, 9.17) is 11.6 Å². The van der Waals surface area contributed by atoms with Gasteiger partial charge in [-0.15, -0.1) is 0 Å². The topological polar surface area (TPSA) is 29.9 Å². The van der Waals surface area contributed by atoms with E-state index in [2.05, 4.69) is 56.4 Å². The molecule has 0 bridgehead atoms. The van der Waals surface area contributed by atoms with Crippen LogP contribution in [0.1, 0.15) is 44.9 Å². The molecule has 0 aliphatic rings. The van der Waals surface area contributed by atoms with E-state index in [0.29, 0.717) is 12.0 Å². The molecule has 0 aliphatic heterocycles. The Morgan fingerprint density at radius 1 is 1.24 bits per heavy atom. The lowest BCUT2D eigenvalue weighted by Gasteiger charge is -2.11. The van der Waals surface area contributed by atoms with Gasteiger partial charge in [0.05, 0.1) is 5.69 Å². The molecule has 0 unspecified atom stereocenters. The third kappa shape index (κ3) is 3.86. The molecule has 0 fully saturated rings. The lowest BCUT2D eigenvalue weighted by atomic mass is 9.99. The molecule has 4 heteroatoms. The number of aryl methyl sites for hydroxylation is 1. The zero-order valence-corrected chi connectivity index (χ0v) is 14.2. The number of nitrogens with one attached hydrogen (secondary N) is 1. The van der Waals surface area contributed by atoms with Crippen molar-refractivity contribution in [2.45, 2.75) is 46.2 Å². The molecular weight excluding hydrogens is 282 g/mol. The predicted molar refractivity (Wildman–Crippen MR) is 89.7 cm³/mol. The monoisotopic (exact) mass is 305 g/mol. The van der Waals surface area contributed by atoms with E-state index < -0.39 is 0 Å². The minimum absolute atomic E-state index is 0.391. The number of rotatable bonds is 5. The highest BCUT2D eigenvalue weighted by molar-refractivity contribution is 6.31. The normalized spacial score (nSPS) is 11.6. The Morgan fingerprint density at radius 3 is 2.52 bits per heavy atom. The summed E-state index contributed by atoms with van der Waals surface area (Å²) in [6, 6.07) is 6.73. The van der Waals surface area contributed by atoms with Gasteiger partial charge >= 0.3 is 0 Å². The van der Waals surface area contributed by atoms with Crippen molar-refractivity contribution in [3.8, 4) is 11.1 Å². The first-order valence-electron chi connectivity index (χ1n) is 7.44. The molecule has 1 aromatic heterocycles. The van der Waals surface area contributed by atoms with Crippen LogP contribution in [0, 0.1) is 0 Å². The highest BCUT2D eigenvalue weighted by atomic mass is 35.5. The number of hydrogen-bond acceptors (Lipinski definition) is 2. The van der Waals surface area contributed by atoms with Crippen molar-refractivity contribution in [1.82, 2.24) is 15.1 Å². The zero-order valence-electron chi connectivity index (χ0n) is 13.4. The van der Waals surface area contributed by atoms with Crippen molar-refractivity contribution in [3.05, 3.63) is 40.7 Å². The summed E-state index contributed by atoms with van der Waals surface area (Å²) in [7, 11) is 1.96. The highest BCUT2D eigenvalue weighted by Crippen LogP contribution is 2.31. The van der Waals surface area contributed by atoms with Gasteiger partial charge in [-0.05, 0) is 23.1 Å². The number of nitrogens with zero attached hydrogens (tertiary/aromatic N) is 2. The smallest absolute Gasteiger partial charge is 0.0728 e. The van der Waals surface area contributed by atoms with Crippen LogP contribution in [0.25, 0.3) is 11.1 Å². The molecule has 1 heterocycles. The minimum Gasteiger partial charge on any atom is -0.310 e. The highest BCUT2D eigenvalue weighted by Gasteiger charge is 2.14. The summed E-state index contributed by atoms with van der Waals surface area (Å²) in [6.07, 6.45) is 2.06. The Bertz CT molecular complexity index is 614. The summed E-state index contributed by atoms with van der Waals surface area (Å²) in [5, 5.41) is 8.76. The average Bonchev–Trinajstić information content (AvgIpc) is 2.79. The van der Waals surface area contributed by atoms with Crippen molar-refractivity contribution in [2.24, 2.45) is 7.05 Å². The molecule has 114 valence electrons. The third-order valence-electron chi connectivity index (χ3n) is 3.47. The Kier molecular flexibility index (Phi) is 5.07. The number of benzene rings is 1. The van der Waals surface area contributed by atoms with Crippen LogP contribution < -0.4 is 5.32 Å². The molecule has 2 aromatic rings. The molecule has 2 rings (SSSR count). The molecule has 1 aromatic carbocycles. The van der Waals surface area contributed by atoms with E-state index in [1.807, 2.05) is 17.8 Å². The molecule has 0 amide bonds. The van der Waals surface area contributed by atoms with Crippen LogP contribution in [-0.4, -0.2) is 15.8 Å². The second kappa shape index (κ2) is 6.63. The molecular formula is C17H24ClN3. The summed E-state index contributed by atoms with van der Waals surface area (Å²) in [6.45, 7) is 9.38. The fraction of sp³-hybridized carbons (Fsp3) is 0.471. The number of hydrogen-bond donors (Lipinski definition) is 1. The lowest BCUT2D eigenvalue weighted by Crippen LogP contribution is -2.21. The first-order valence-corrected chi connectivity index (χ1v) is 7.82. The molecule has 0 spiro atoms. The molecule has 0 saturated heterocycles. The molecule has 0 radical (unpaired) electrons. The first-order chi connectivity index (χ1) is 9.88. The second-order valence-electron chi connectivity index (χ2n) is 6.10. The van der Waals surface area contributed by atoms with E-state index in [0.717, 1.165) is 34.0 Å². The summed E-state index contributed by atoms with van der Waals surface area (Å²) < 4.78 is 1.87. The quantitative estimate of drug-likeness (QED) is 0.889. The average molecular weight is 306 g/mol. The van der Waals surface area contributed by atoms with Crippen molar-refractivity contribution < 1.29 is 0 Å². The number of halogens is 1. The minimum atomic E-state index is 0.391. The Balaban J connectivity index is 2.32. The second-order valence-corrected chi connectivity index (χ2v) is 6.51. The van der Waals surface area contributed by atoms with Crippen molar-refractivity contribution >= 4 is 11.6 Å². The van der Waals surface area contributed by atoms with E-state index in [1.165, 1.54) is 0 Å². The van der Waals surface area contributed by atoms with Crippen LogP contribution in [0.2, 0.25) is 5.02 Å². The van der Waals surface area contributed by atoms with Crippen LogP contribution in [0.15, 0.2) is 24.4 Å². The predicted octanol–water partition coefficient (Wildman–Crippen LogP) is 4.36. The summed E-state index contributed by atoms with van der Waals surface area (Å²) in [5.41, 5.74) is 4.54. The zero-order chi connectivity index (χ0) is 15.6. The maximum Gasteiger partial charge on any atom is 0.0728 e. The van der Waals surface area contributed by atoms with Gasteiger partial charge < -0.3 is 5.32 Å². The van der Waals surface area contributed by atoms with Gasteiger partial charge in [-0.3, -0.25) is 4.68 Å². The first kappa shape index (κ1) is 16.1. The molecule has 1 N–H and O–H groups in total. The van der Waals surface area contributed by atoms with E-state index in [-0.39, 0.29) is 0 Å². The van der Waals surface area contributed by atoms with Crippen molar-refractivity contribution in [3.63, 3.8) is 0 Å². The van der Waals surface area contributed by atoms with Gasteiger partial charge in [-0.2, -0.15) is 5.10 Å². The SMILES string of the molecule is CC(C)NCc1ccc(-c2cn(C)nc2C(C)C)cc1Cl. The van der Waals surface area contributed by atoms with E-state index >= 15 is 0 Å². The van der Waals surface area contributed by atoms with Crippen molar-refractivity contribution in [1.29, 1.82) is 0 Å². The van der Waals surface area contributed by atoms with Gasteiger partial charge in [0.1, 0.15) is 0 Å². The summed E-state index contributed by atoms with van der Waals surface area (Å²) in [5.74, 6) is 0.391. The standard InChI is InChI=1S/C17H24ClN3/c1-11(2)17-15(10-21(5)20-17)13-6-7-14(16(18)8-13)9-19-12(3)4/h6-8,10-12,19H,9H2,1-5H3. The van der Waals surface area contributed by atoms with Crippen LogP contribution >= 0.6 is 11.6 Å². The molecule has 21 heavy (non-hydrogen) atoms. The number of aromatic nitrogens is 2. The van der Waals surface area contributed by atoms with Gasteiger partial charge in [-0.25, -0.2) is 0 Å². The van der Waals surface area contributed by atoms with Gasteiger partial charge in [-0.1, -0.05) is 51.4 Å². The van der Waals surface area contributed by atoms with Gasteiger partial charge in [0.25, 0.3) is 0 Å². The van der Waals surface area contributed by atoms with Crippen molar-refractivity contribution in [2.75, 3.05) is 0 Å². The van der Waals surface area contributed by atoms with Gasteiger partial charge in [0.2, 0.25) is 0 Å². The molecule has 3 nitrogen and oxygen atoms in total. The Morgan fingerprint density at radius 2 is 1.95 bits per heavy atom. The van der Waals surface area contributed by atoms with E-state index in [1.54, 1.807) is 0 Å². The maximum absolute atomic E-state index is 6.43. The molecule has 0 aliphatic carbocycles. The molecule has 0 atom stereocenters. The summed E-state index contributed by atoms with van der Waals surface area (Å²) >= 11 is 6.43. The van der Waals surface area contributed by atoms with Gasteiger partial charge in [0.15, 0.2) is 0 Å². The Hall–Kier alpha value is -1.32. The van der Waals surface area contributed by atoms with Crippen LogP contribution in [0.4, 0.5) is 0 Å². The maximum atomic E-state index is 6.43. The summed E-state index contributed by atoms with van der Waals surface area (Å²) in [4.78, 5) is 0. The van der Waals surface area contributed by atoms with Crippen LogP contribution in [0.5, 0.6) is 0 Å². The van der Waals surface area contributed by atoms with Crippen LogP contribution in [0.3, 0.4) is 0 Å². The van der Waals surface area contributed by atoms with Crippen LogP contribution in [-0.2, 0) is 13.6 Å². The third-order valence-corrected chi connectivity index (χ3v) is 3.82. The molecule has 0 saturated carbocycles.